The molecule has 2 N–H and O–H groups in total. The lowest BCUT2D eigenvalue weighted by Crippen LogP contribution is -2.48. The van der Waals surface area contributed by atoms with E-state index in [9.17, 15) is 8.42 Å². The van der Waals surface area contributed by atoms with Crippen molar-refractivity contribution in [2.75, 3.05) is 18.8 Å². The predicted octanol–water partition coefficient (Wildman–Crippen LogP) is 0.00520. The van der Waals surface area contributed by atoms with E-state index < -0.39 is 10.0 Å². The van der Waals surface area contributed by atoms with Gasteiger partial charge in [-0.2, -0.15) is 0 Å². The monoisotopic (exact) mass is 206 g/mol. The summed E-state index contributed by atoms with van der Waals surface area (Å²) >= 11 is 0. The van der Waals surface area contributed by atoms with Crippen LogP contribution < -0.4 is 5.73 Å². The van der Waals surface area contributed by atoms with Crippen molar-refractivity contribution in [3.63, 3.8) is 0 Å². The molecule has 0 aromatic rings. The van der Waals surface area contributed by atoms with Gasteiger partial charge in [0.2, 0.25) is 10.0 Å². The molecule has 0 aromatic carbocycles. The molecule has 2 atom stereocenters. The highest BCUT2D eigenvalue weighted by molar-refractivity contribution is 7.89. The first-order valence-electron chi connectivity index (χ1n) is 4.70. The molecule has 1 heterocycles. The average Bonchev–Trinajstić information content (AvgIpc) is 2.09. The summed E-state index contributed by atoms with van der Waals surface area (Å²) in [4.78, 5) is 0. The molecule has 0 radical (unpaired) electrons. The van der Waals surface area contributed by atoms with Crippen LogP contribution in [0.2, 0.25) is 0 Å². The van der Waals surface area contributed by atoms with Gasteiger partial charge in [-0.15, -0.1) is 0 Å². The van der Waals surface area contributed by atoms with Crippen molar-refractivity contribution in [1.29, 1.82) is 0 Å². The van der Waals surface area contributed by atoms with E-state index in [4.69, 9.17) is 5.73 Å². The second-order valence-corrected chi connectivity index (χ2v) is 5.95. The van der Waals surface area contributed by atoms with Crippen molar-refractivity contribution < 1.29 is 8.42 Å². The van der Waals surface area contributed by atoms with Crippen molar-refractivity contribution in [2.45, 2.75) is 26.3 Å². The number of hydrogen-bond acceptors (Lipinski definition) is 3. The van der Waals surface area contributed by atoms with E-state index >= 15 is 0 Å². The highest BCUT2D eigenvalue weighted by Gasteiger charge is 2.29. The van der Waals surface area contributed by atoms with Crippen molar-refractivity contribution in [3.8, 4) is 0 Å². The van der Waals surface area contributed by atoms with Gasteiger partial charge in [0.15, 0.2) is 0 Å². The van der Waals surface area contributed by atoms with Gasteiger partial charge in [0, 0.05) is 19.1 Å². The summed E-state index contributed by atoms with van der Waals surface area (Å²) in [6, 6.07) is 0.156. The minimum Gasteiger partial charge on any atom is -0.327 e. The molecule has 13 heavy (non-hydrogen) atoms. The van der Waals surface area contributed by atoms with Crippen LogP contribution in [0.1, 0.15) is 20.3 Å². The van der Waals surface area contributed by atoms with E-state index in [1.54, 1.807) is 11.2 Å². The molecule has 1 rings (SSSR count). The SMILES string of the molecule is CCS(=O)(=O)N1CCC(N)C(C)C1. The van der Waals surface area contributed by atoms with Crippen molar-refractivity contribution in [1.82, 2.24) is 4.31 Å². The summed E-state index contributed by atoms with van der Waals surface area (Å²) in [6.45, 7) is 4.84. The number of nitrogens with two attached hydrogens (primary N) is 1. The molecule has 1 saturated heterocycles. The topological polar surface area (TPSA) is 63.4 Å². The Bertz CT molecular complexity index is 263. The van der Waals surface area contributed by atoms with Crippen LogP contribution in [0.15, 0.2) is 0 Å². The van der Waals surface area contributed by atoms with Crippen LogP contribution in [0.3, 0.4) is 0 Å². The summed E-state index contributed by atoms with van der Waals surface area (Å²) in [5.74, 6) is 0.463. The fraction of sp³-hybridized carbons (Fsp3) is 1.00. The normalized spacial score (nSPS) is 31.9. The highest BCUT2D eigenvalue weighted by atomic mass is 32.2. The van der Waals surface area contributed by atoms with Gasteiger partial charge in [0.25, 0.3) is 0 Å². The van der Waals surface area contributed by atoms with Crippen LogP contribution in [0, 0.1) is 5.92 Å². The van der Waals surface area contributed by atoms with E-state index in [1.807, 2.05) is 6.92 Å². The maximum atomic E-state index is 11.5. The van der Waals surface area contributed by atoms with E-state index in [0.717, 1.165) is 6.42 Å². The van der Waals surface area contributed by atoms with Crippen LogP contribution in [-0.2, 0) is 10.0 Å². The lowest BCUT2D eigenvalue weighted by Gasteiger charge is -2.33. The molecule has 0 bridgehead atoms. The summed E-state index contributed by atoms with van der Waals surface area (Å²) in [7, 11) is -3.00. The number of rotatable bonds is 2. The van der Waals surface area contributed by atoms with Gasteiger partial charge in [-0.3, -0.25) is 0 Å². The van der Waals surface area contributed by atoms with E-state index in [-0.39, 0.29) is 17.7 Å². The molecule has 1 aliphatic rings. The molecule has 0 saturated carbocycles. The minimum absolute atomic E-state index is 0.156. The quantitative estimate of drug-likeness (QED) is 0.692. The number of sulfonamides is 1. The van der Waals surface area contributed by atoms with Gasteiger partial charge in [-0.1, -0.05) is 6.92 Å². The zero-order valence-electron chi connectivity index (χ0n) is 8.23. The molecular weight excluding hydrogens is 188 g/mol. The summed E-state index contributed by atoms with van der Waals surface area (Å²) in [5.41, 5.74) is 5.80. The Hall–Kier alpha value is -0.130. The van der Waals surface area contributed by atoms with E-state index in [2.05, 4.69) is 0 Å². The predicted molar refractivity (Wildman–Crippen MR) is 52.8 cm³/mol. The second-order valence-electron chi connectivity index (χ2n) is 3.69. The molecule has 4 nitrogen and oxygen atoms in total. The Morgan fingerprint density at radius 2 is 2.15 bits per heavy atom. The molecule has 0 aliphatic carbocycles. The zero-order valence-corrected chi connectivity index (χ0v) is 9.05. The lowest BCUT2D eigenvalue weighted by atomic mass is 9.96. The first-order valence-corrected chi connectivity index (χ1v) is 6.31. The summed E-state index contributed by atoms with van der Waals surface area (Å²) < 4.78 is 24.5. The molecule has 0 amide bonds. The molecule has 78 valence electrons. The van der Waals surface area contributed by atoms with Crippen LogP contribution in [0.25, 0.3) is 0 Å². The Kier molecular flexibility index (Phi) is 3.32. The molecule has 0 aromatic heterocycles. The minimum atomic E-state index is -3.00. The standard InChI is InChI=1S/C8H18N2O2S/c1-3-13(11,12)10-5-4-8(9)7(2)6-10/h7-8H,3-6,9H2,1-2H3. The van der Waals surface area contributed by atoms with Crippen molar-refractivity contribution in [3.05, 3.63) is 0 Å². The lowest BCUT2D eigenvalue weighted by molar-refractivity contribution is 0.250. The summed E-state index contributed by atoms with van der Waals surface area (Å²) in [6.07, 6.45) is 0.778. The maximum absolute atomic E-state index is 11.5. The van der Waals surface area contributed by atoms with E-state index in [1.165, 1.54) is 0 Å². The fourth-order valence-corrected chi connectivity index (χ4v) is 2.77. The fourth-order valence-electron chi connectivity index (χ4n) is 1.56. The van der Waals surface area contributed by atoms with Crippen LogP contribution in [0.4, 0.5) is 0 Å². The highest BCUT2D eigenvalue weighted by Crippen LogP contribution is 2.17. The zero-order chi connectivity index (χ0) is 10.1. The van der Waals surface area contributed by atoms with Crippen LogP contribution >= 0.6 is 0 Å². The molecule has 0 spiro atoms. The molecule has 2 unspecified atom stereocenters. The first-order chi connectivity index (χ1) is 5.97. The van der Waals surface area contributed by atoms with Crippen molar-refractivity contribution >= 4 is 10.0 Å². The van der Waals surface area contributed by atoms with Gasteiger partial charge in [0.1, 0.15) is 0 Å². The van der Waals surface area contributed by atoms with Gasteiger partial charge in [-0.25, -0.2) is 12.7 Å². The third kappa shape index (κ3) is 2.42. The Morgan fingerprint density at radius 1 is 1.54 bits per heavy atom. The largest absolute Gasteiger partial charge is 0.327 e. The molecular formula is C8H18N2O2S. The number of piperidine rings is 1. The second kappa shape index (κ2) is 3.94. The van der Waals surface area contributed by atoms with Crippen LogP contribution in [0.5, 0.6) is 0 Å². The molecule has 5 heteroatoms. The third-order valence-corrected chi connectivity index (χ3v) is 4.54. The maximum Gasteiger partial charge on any atom is 0.213 e. The Balaban J connectivity index is 2.66. The molecule has 1 fully saturated rings. The average molecular weight is 206 g/mol. The first kappa shape index (κ1) is 10.9. The van der Waals surface area contributed by atoms with Gasteiger partial charge in [-0.05, 0) is 19.3 Å². The van der Waals surface area contributed by atoms with Gasteiger partial charge in [0.05, 0.1) is 5.75 Å². The van der Waals surface area contributed by atoms with E-state index in [0.29, 0.717) is 13.1 Å². The third-order valence-electron chi connectivity index (χ3n) is 2.69. The smallest absolute Gasteiger partial charge is 0.213 e. The number of nitrogens with zero attached hydrogens (tertiary/aromatic N) is 1. The van der Waals surface area contributed by atoms with Crippen molar-refractivity contribution in [2.24, 2.45) is 11.7 Å². The number of hydrogen-bond donors (Lipinski definition) is 1. The van der Waals surface area contributed by atoms with Gasteiger partial charge >= 0.3 is 0 Å². The molecule has 1 aliphatic heterocycles. The van der Waals surface area contributed by atoms with Crippen LogP contribution in [-0.4, -0.2) is 37.6 Å². The Morgan fingerprint density at radius 3 is 2.62 bits per heavy atom. The summed E-state index contributed by atoms with van der Waals surface area (Å²) in [5, 5.41) is 0. The Labute approximate surface area is 80.1 Å². The van der Waals surface area contributed by atoms with Gasteiger partial charge < -0.3 is 5.73 Å².